The highest BCUT2D eigenvalue weighted by Gasteiger charge is 2.14. The van der Waals surface area contributed by atoms with E-state index < -0.39 is 15.8 Å². The number of aromatic nitrogens is 1. The summed E-state index contributed by atoms with van der Waals surface area (Å²) >= 11 is 0. The smallest absolute Gasteiger partial charge is 0.254 e. The zero-order chi connectivity index (χ0) is 21.9. The van der Waals surface area contributed by atoms with Crippen LogP contribution in [0.2, 0.25) is 0 Å². The third-order valence-electron chi connectivity index (χ3n) is 4.43. The minimum Gasteiger partial charge on any atom is -0.457 e. The van der Waals surface area contributed by atoms with Gasteiger partial charge in [-0.2, -0.15) is 0 Å². The zero-order valence-electron chi connectivity index (χ0n) is 16.6. The van der Waals surface area contributed by atoms with E-state index in [1.54, 1.807) is 37.5 Å². The second-order valence-electron chi connectivity index (χ2n) is 6.61. The Balaban J connectivity index is 2.16. The lowest BCUT2D eigenvalue weighted by Gasteiger charge is -2.15. The maximum absolute atomic E-state index is 13.6. The molecule has 0 unspecified atom stereocenters. The van der Waals surface area contributed by atoms with E-state index in [9.17, 15) is 17.6 Å². The molecular formula is C22H21FN2O4S. The van der Waals surface area contributed by atoms with E-state index in [0.29, 0.717) is 34.5 Å². The van der Waals surface area contributed by atoms with Gasteiger partial charge in [-0.3, -0.25) is 9.52 Å². The largest absolute Gasteiger partial charge is 0.457 e. The maximum Gasteiger partial charge on any atom is 0.254 e. The van der Waals surface area contributed by atoms with Crippen molar-refractivity contribution >= 4 is 15.7 Å². The molecule has 156 valence electrons. The topological polar surface area (TPSA) is 77.4 Å². The van der Waals surface area contributed by atoms with Crippen LogP contribution in [0.4, 0.5) is 10.1 Å². The molecule has 6 nitrogen and oxygen atoms in total. The molecule has 0 radical (unpaired) electrons. The number of pyridine rings is 1. The van der Waals surface area contributed by atoms with Crippen LogP contribution in [0.5, 0.6) is 11.5 Å². The van der Waals surface area contributed by atoms with Crippen LogP contribution in [0, 0.1) is 5.82 Å². The quantitative estimate of drug-likeness (QED) is 0.604. The molecule has 8 heteroatoms. The third kappa shape index (κ3) is 4.77. The molecule has 0 aliphatic carbocycles. The van der Waals surface area contributed by atoms with Crippen molar-refractivity contribution < 1.29 is 17.5 Å². The molecule has 0 saturated heterocycles. The number of benzene rings is 2. The molecule has 3 aromatic rings. The molecule has 0 aliphatic heterocycles. The normalized spacial score (nSPS) is 11.2. The van der Waals surface area contributed by atoms with Crippen molar-refractivity contribution in [2.45, 2.75) is 13.3 Å². The predicted molar refractivity (Wildman–Crippen MR) is 116 cm³/mol. The standard InChI is InChI=1S/C22H21FN2O4S/c1-4-15-11-16(14-25(3)22(15)26)20-13-18(24-30(27,28)5-2)9-10-21(20)29-19-8-6-7-17(23)12-19/h5-14,24H,2,4H2,1,3H3. The van der Waals surface area contributed by atoms with Crippen molar-refractivity contribution in [2.75, 3.05) is 4.72 Å². The average molecular weight is 428 g/mol. The Bertz CT molecular complexity index is 1270. The summed E-state index contributed by atoms with van der Waals surface area (Å²) in [5, 5.41) is 0.811. The Morgan fingerprint density at radius 3 is 2.63 bits per heavy atom. The lowest BCUT2D eigenvalue weighted by atomic mass is 10.0. The van der Waals surface area contributed by atoms with Crippen LogP contribution in [-0.2, 0) is 23.5 Å². The van der Waals surface area contributed by atoms with Crippen molar-refractivity contribution in [3.8, 4) is 22.6 Å². The Labute approximate surface area is 174 Å². The molecule has 0 aliphatic rings. The number of nitrogens with one attached hydrogen (secondary N) is 1. The minimum atomic E-state index is -3.71. The van der Waals surface area contributed by atoms with Gasteiger partial charge in [0.05, 0.1) is 0 Å². The lowest BCUT2D eigenvalue weighted by Crippen LogP contribution is -2.20. The van der Waals surface area contributed by atoms with E-state index >= 15 is 0 Å². The third-order valence-corrected chi connectivity index (χ3v) is 5.39. The van der Waals surface area contributed by atoms with Crippen LogP contribution >= 0.6 is 0 Å². The van der Waals surface area contributed by atoms with Crippen LogP contribution in [0.1, 0.15) is 12.5 Å². The molecular weight excluding hydrogens is 407 g/mol. The summed E-state index contributed by atoms with van der Waals surface area (Å²) in [5.41, 5.74) is 1.97. The number of nitrogens with zero attached hydrogens (tertiary/aromatic N) is 1. The van der Waals surface area contributed by atoms with Crippen LogP contribution < -0.4 is 15.0 Å². The van der Waals surface area contributed by atoms with Gasteiger partial charge in [-0.05, 0) is 42.8 Å². The van der Waals surface area contributed by atoms with Crippen molar-refractivity contribution in [3.05, 3.63) is 88.4 Å². The number of rotatable bonds is 7. The molecule has 0 atom stereocenters. The fraction of sp³-hybridized carbons (Fsp3) is 0.136. The average Bonchev–Trinajstić information content (AvgIpc) is 2.71. The van der Waals surface area contributed by atoms with Crippen molar-refractivity contribution in [1.82, 2.24) is 4.57 Å². The van der Waals surface area contributed by atoms with E-state index in [1.165, 1.54) is 28.8 Å². The van der Waals surface area contributed by atoms with Gasteiger partial charge in [0.15, 0.2) is 0 Å². The molecule has 30 heavy (non-hydrogen) atoms. The van der Waals surface area contributed by atoms with Crippen LogP contribution in [0.3, 0.4) is 0 Å². The Hall–Kier alpha value is -3.39. The number of halogens is 1. The first-order valence-electron chi connectivity index (χ1n) is 9.15. The van der Waals surface area contributed by atoms with Gasteiger partial charge < -0.3 is 9.30 Å². The summed E-state index contributed by atoms with van der Waals surface area (Å²) < 4.78 is 47.1. The molecule has 0 spiro atoms. The SMILES string of the molecule is C=CS(=O)(=O)Nc1ccc(Oc2cccc(F)c2)c(-c2cc(CC)c(=O)n(C)c2)c1. The van der Waals surface area contributed by atoms with Gasteiger partial charge >= 0.3 is 0 Å². The fourth-order valence-corrected chi connectivity index (χ4v) is 3.49. The highest BCUT2D eigenvalue weighted by molar-refractivity contribution is 7.95. The second kappa shape index (κ2) is 8.54. The Kier molecular flexibility index (Phi) is 6.07. The highest BCUT2D eigenvalue weighted by atomic mass is 32.2. The summed E-state index contributed by atoms with van der Waals surface area (Å²) in [4.78, 5) is 12.3. The molecule has 1 N–H and O–H groups in total. The lowest BCUT2D eigenvalue weighted by molar-refractivity contribution is 0.478. The summed E-state index contributed by atoms with van der Waals surface area (Å²) in [6.45, 7) is 5.16. The monoisotopic (exact) mass is 428 g/mol. The zero-order valence-corrected chi connectivity index (χ0v) is 17.4. The molecule has 0 fully saturated rings. The van der Waals surface area contributed by atoms with Crippen LogP contribution in [-0.4, -0.2) is 13.0 Å². The molecule has 2 aromatic carbocycles. The van der Waals surface area contributed by atoms with Crippen molar-refractivity contribution in [3.63, 3.8) is 0 Å². The van der Waals surface area contributed by atoms with Crippen LogP contribution in [0.25, 0.3) is 11.1 Å². The summed E-state index contributed by atoms with van der Waals surface area (Å²) in [6, 6.07) is 12.1. The van der Waals surface area contributed by atoms with Crippen molar-refractivity contribution in [1.29, 1.82) is 0 Å². The Morgan fingerprint density at radius 2 is 1.97 bits per heavy atom. The first-order valence-corrected chi connectivity index (χ1v) is 10.7. The first kappa shape index (κ1) is 21.3. The van der Waals surface area contributed by atoms with E-state index in [4.69, 9.17) is 4.74 Å². The van der Waals surface area contributed by atoms with Gasteiger partial charge in [0.25, 0.3) is 15.6 Å². The first-order chi connectivity index (χ1) is 14.2. The van der Waals surface area contributed by atoms with E-state index in [-0.39, 0.29) is 11.3 Å². The maximum atomic E-state index is 13.6. The highest BCUT2D eigenvalue weighted by Crippen LogP contribution is 2.36. The number of sulfonamides is 1. The molecule has 3 rings (SSSR count). The van der Waals surface area contributed by atoms with Gasteiger partial charge in [-0.25, -0.2) is 12.8 Å². The van der Waals surface area contributed by atoms with Gasteiger partial charge in [-0.1, -0.05) is 19.6 Å². The van der Waals surface area contributed by atoms with Crippen LogP contribution in [0.15, 0.2) is 71.5 Å². The number of anilines is 1. The number of hydrogen-bond acceptors (Lipinski definition) is 4. The Morgan fingerprint density at radius 1 is 1.20 bits per heavy atom. The van der Waals surface area contributed by atoms with Gasteiger partial charge in [0, 0.05) is 47.1 Å². The molecule has 0 bridgehead atoms. The molecule has 1 heterocycles. The molecule has 1 aromatic heterocycles. The molecule has 0 saturated carbocycles. The van der Waals surface area contributed by atoms with E-state index in [0.717, 1.165) is 5.41 Å². The molecule has 0 amide bonds. The summed E-state index contributed by atoms with van der Waals surface area (Å²) in [5.74, 6) is 0.221. The number of aryl methyl sites for hydroxylation is 2. The fourth-order valence-electron chi connectivity index (χ4n) is 2.95. The minimum absolute atomic E-state index is 0.114. The van der Waals surface area contributed by atoms with Gasteiger partial charge in [0.1, 0.15) is 17.3 Å². The van der Waals surface area contributed by atoms with Crippen molar-refractivity contribution in [2.24, 2.45) is 7.05 Å². The van der Waals surface area contributed by atoms with Gasteiger partial charge in [-0.15, -0.1) is 0 Å². The second-order valence-corrected chi connectivity index (χ2v) is 8.24. The predicted octanol–water partition coefficient (Wildman–Crippen LogP) is 4.43. The van der Waals surface area contributed by atoms with Gasteiger partial charge in [0.2, 0.25) is 0 Å². The van der Waals surface area contributed by atoms with E-state index in [2.05, 4.69) is 11.3 Å². The number of ether oxygens (including phenoxy) is 1. The summed E-state index contributed by atoms with van der Waals surface area (Å²) in [6.07, 6.45) is 2.17. The summed E-state index contributed by atoms with van der Waals surface area (Å²) in [7, 11) is -2.07. The van der Waals surface area contributed by atoms with E-state index in [1.807, 2.05) is 6.92 Å². The number of hydrogen-bond donors (Lipinski definition) is 1.